The van der Waals surface area contributed by atoms with E-state index >= 15 is 0 Å². The highest BCUT2D eigenvalue weighted by atomic mass is 32.2. The number of rotatable bonds is 5. The van der Waals surface area contributed by atoms with Crippen molar-refractivity contribution in [3.8, 4) is 0 Å². The molecule has 2 N–H and O–H groups in total. The first-order valence-electron chi connectivity index (χ1n) is 9.85. The molecule has 2 fully saturated rings. The lowest BCUT2D eigenvalue weighted by molar-refractivity contribution is 0.456. The lowest BCUT2D eigenvalue weighted by Crippen LogP contribution is -2.50. The smallest absolute Gasteiger partial charge is 0.191 e. The van der Waals surface area contributed by atoms with Gasteiger partial charge in [0.1, 0.15) is 5.82 Å². The van der Waals surface area contributed by atoms with Crippen molar-refractivity contribution in [3.63, 3.8) is 0 Å². The van der Waals surface area contributed by atoms with Crippen molar-refractivity contribution in [3.05, 3.63) is 24.4 Å². The van der Waals surface area contributed by atoms with Crippen molar-refractivity contribution in [1.82, 2.24) is 15.6 Å². The fraction of sp³-hybridized carbons (Fsp3) is 0.684. The van der Waals surface area contributed by atoms with Crippen LogP contribution in [0.3, 0.4) is 0 Å². The van der Waals surface area contributed by atoms with Crippen molar-refractivity contribution in [2.75, 3.05) is 36.0 Å². The highest BCUT2D eigenvalue weighted by Gasteiger charge is 2.28. The molecule has 0 spiro atoms. The van der Waals surface area contributed by atoms with Gasteiger partial charge in [-0.15, -0.1) is 0 Å². The average molecular weight is 394 g/mol. The van der Waals surface area contributed by atoms with Crippen LogP contribution in [0, 0.1) is 5.92 Å². The molecule has 3 rings (SSSR count). The molecule has 8 heteroatoms. The maximum absolute atomic E-state index is 11.6. The number of guanidine groups is 1. The van der Waals surface area contributed by atoms with Crippen LogP contribution in [0.5, 0.6) is 0 Å². The van der Waals surface area contributed by atoms with Crippen LogP contribution in [-0.4, -0.2) is 62.6 Å². The molecule has 150 valence electrons. The summed E-state index contributed by atoms with van der Waals surface area (Å²) in [6, 6.07) is 6.65. The Bertz CT molecular complexity index is 728. The van der Waals surface area contributed by atoms with E-state index in [1.54, 1.807) is 0 Å². The van der Waals surface area contributed by atoms with Gasteiger partial charge in [0.2, 0.25) is 0 Å². The van der Waals surface area contributed by atoms with Gasteiger partial charge in [-0.3, -0.25) is 4.99 Å². The molecule has 1 aromatic rings. The van der Waals surface area contributed by atoms with Gasteiger partial charge in [-0.25, -0.2) is 13.4 Å². The minimum absolute atomic E-state index is 0.145. The minimum atomic E-state index is -2.85. The Labute approximate surface area is 162 Å². The predicted molar refractivity (Wildman–Crippen MR) is 110 cm³/mol. The van der Waals surface area contributed by atoms with Crippen molar-refractivity contribution in [1.29, 1.82) is 0 Å². The number of aliphatic imine (C=N–C) groups is 1. The molecule has 0 amide bonds. The second-order valence-corrected chi connectivity index (χ2v) is 10.1. The number of hydrogen-bond donors (Lipinski definition) is 2. The molecule has 0 aliphatic carbocycles. The summed E-state index contributed by atoms with van der Waals surface area (Å²) in [5.41, 5.74) is 0. The van der Waals surface area contributed by atoms with Gasteiger partial charge < -0.3 is 15.5 Å². The molecule has 0 aromatic carbocycles. The number of pyridine rings is 1. The first-order chi connectivity index (χ1) is 12.9. The molecule has 1 unspecified atom stereocenters. The Morgan fingerprint density at radius 3 is 2.67 bits per heavy atom. The predicted octanol–water partition coefficient (Wildman–Crippen LogP) is 1.43. The third kappa shape index (κ3) is 6.09. The van der Waals surface area contributed by atoms with Gasteiger partial charge in [0.15, 0.2) is 15.8 Å². The Kier molecular flexibility index (Phi) is 6.57. The molecule has 0 saturated carbocycles. The van der Waals surface area contributed by atoms with E-state index in [2.05, 4.69) is 45.4 Å². The first kappa shape index (κ1) is 19.9. The normalized spacial score (nSPS) is 23.6. The fourth-order valence-electron chi connectivity index (χ4n) is 3.63. The average Bonchev–Trinajstić information content (AvgIpc) is 2.99. The van der Waals surface area contributed by atoms with Crippen LogP contribution in [0.1, 0.15) is 33.1 Å². The van der Waals surface area contributed by atoms with Gasteiger partial charge in [-0.1, -0.05) is 6.07 Å². The molecule has 0 bridgehead atoms. The molecule has 3 heterocycles. The molecule has 2 aliphatic heterocycles. The minimum Gasteiger partial charge on any atom is -0.356 e. The second-order valence-electron chi connectivity index (χ2n) is 7.85. The topological polar surface area (TPSA) is 86.7 Å². The molecule has 2 aliphatic rings. The number of piperidine rings is 1. The monoisotopic (exact) mass is 393 g/mol. The van der Waals surface area contributed by atoms with Gasteiger partial charge in [0, 0.05) is 37.9 Å². The molecule has 27 heavy (non-hydrogen) atoms. The van der Waals surface area contributed by atoms with Crippen LogP contribution in [-0.2, 0) is 9.84 Å². The third-order valence-corrected chi connectivity index (χ3v) is 6.91. The van der Waals surface area contributed by atoms with Gasteiger partial charge in [0.25, 0.3) is 0 Å². The summed E-state index contributed by atoms with van der Waals surface area (Å²) < 4.78 is 23.3. The van der Waals surface area contributed by atoms with E-state index < -0.39 is 9.84 Å². The van der Waals surface area contributed by atoms with Gasteiger partial charge in [-0.05, 0) is 51.2 Å². The molecular weight excluding hydrogens is 362 g/mol. The van der Waals surface area contributed by atoms with E-state index in [-0.39, 0.29) is 17.7 Å². The first-order valence-corrected chi connectivity index (χ1v) is 11.7. The SMILES string of the molecule is CC(C)NC(=NCC1CCS(=O)(=O)C1)NC1CCN(c2ccccn2)CC1. The largest absolute Gasteiger partial charge is 0.356 e. The number of hydrogen-bond acceptors (Lipinski definition) is 5. The lowest BCUT2D eigenvalue weighted by Gasteiger charge is -2.34. The maximum Gasteiger partial charge on any atom is 0.191 e. The van der Waals surface area contributed by atoms with Crippen LogP contribution in [0.25, 0.3) is 0 Å². The molecule has 0 radical (unpaired) electrons. The van der Waals surface area contributed by atoms with Crippen molar-refractivity contribution in [2.45, 2.75) is 45.2 Å². The molecule has 2 saturated heterocycles. The zero-order valence-electron chi connectivity index (χ0n) is 16.3. The zero-order valence-corrected chi connectivity index (χ0v) is 17.1. The summed E-state index contributed by atoms with van der Waals surface area (Å²) in [5, 5.41) is 6.92. The van der Waals surface area contributed by atoms with Crippen LogP contribution < -0.4 is 15.5 Å². The number of anilines is 1. The van der Waals surface area contributed by atoms with Crippen LogP contribution >= 0.6 is 0 Å². The Morgan fingerprint density at radius 2 is 2.07 bits per heavy atom. The summed E-state index contributed by atoms with van der Waals surface area (Å²) >= 11 is 0. The second kappa shape index (κ2) is 8.91. The summed E-state index contributed by atoms with van der Waals surface area (Å²) in [6.45, 7) is 6.66. The van der Waals surface area contributed by atoms with E-state index in [4.69, 9.17) is 0 Å². The summed E-state index contributed by atoms with van der Waals surface area (Å²) in [7, 11) is -2.85. The summed E-state index contributed by atoms with van der Waals surface area (Å²) in [6.07, 6.45) is 4.60. The van der Waals surface area contributed by atoms with E-state index in [0.717, 1.165) is 44.1 Å². The third-order valence-electron chi connectivity index (χ3n) is 5.07. The maximum atomic E-state index is 11.6. The van der Waals surface area contributed by atoms with Crippen molar-refractivity contribution < 1.29 is 8.42 Å². The van der Waals surface area contributed by atoms with E-state index in [9.17, 15) is 8.42 Å². The highest BCUT2D eigenvalue weighted by Crippen LogP contribution is 2.19. The van der Waals surface area contributed by atoms with Gasteiger partial charge in [0.05, 0.1) is 11.5 Å². The number of aromatic nitrogens is 1. The zero-order chi connectivity index (χ0) is 19.3. The van der Waals surface area contributed by atoms with E-state index in [0.29, 0.717) is 18.3 Å². The summed E-state index contributed by atoms with van der Waals surface area (Å²) in [4.78, 5) is 11.4. The fourth-order valence-corrected chi connectivity index (χ4v) is 5.48. The molecular formula is C19H31N5O2S. The summed E-state index contributed by atoms with van der Waals surface area (Å²) in [5.74, 6) is 2.55. The molecule has 7 nitrogen and oxygen atoms in total. The standard InChI is InChI=1S/C19H31N5O2S/c1-15(2)22-19(21-13-16-8-12-27(25,26)14-16)23-17-6-10-24(11-7-17)18-5-3-4-9-20-18/h3-5,9,15-17H,6-8,10-14H2,1-2H3,(H2,21,22,23). The Hall–Kier alpha value is -1.83. The Morgan fingerprint density at radius 1 is 1.30 bits per heavy atom. The highest BCUT2D eigenvalue weighted by molar-refractivity contribution is 7.91. The quantitative estimate of drug-likeness (QED) is 0.581. The van der Waals surface area contributed by atoms with Crippen molar-refractivity contribution >= 4 is 21.6 Å². The molecule has 1 aromatic heterocycles. The van der Waals surface area contributed by atoms with Crippen LogP contribution in [0.15, 0.2) is 29.4 Å². The van der Waals surface area contributed by atoms with E-state index in [1.807, 2.05) is 18.3 Å². The number of nitrogens with zero attached hydrogens (tertiary/aromatic N) is 3. The molecule has 1 atom stereocenters. The van der Waals surface area contributed by atoms with E-state index in [1.165, 1.54) is 0 Å². The van der Waals surface area contributed by atoms with Crippen LogP contribution in [0.4, 0.5) is 5.82 Å². The van der Waals surface area contributed by atoms with Crippen molar-refractivity contribution in [2.24, 2.45) is 10.9 Å². The van der Waals surface area contributed by atoms with Gasteiger partial charge >= 0.3 is 0 Å². The van der Waals surface area contributed by atoms with Crippen LogP contribution in [0.2, 0.25) is 0 Å². The Balaban J connectivity index is 1.53. The van der Waals surface area contributed by atoms with Gasteiger partial charge in [-0.2, -0.15) is 0 Å². The number of nitrogens with one attached hydrogen (secondary N) is 2. The number of sulfone groups is 1. The lowest BCUT2D eigenvalue weighted by atomic mass is 10.1.